The Morgan fingerprint density at radius 1 is 1.19 bits per heavy atom. The van der Waals surface area contributed by atoms with Gasteiger partial charge in [0.25, 0.3) is 0 Å². The molecule has 0 fully saturated rings. The van der Waals surface area contributed by atoms with Gasteiger partial charge in [0, 0.05) is 4.47 Å². The molecule has 0 aliphatic carbocycles. The van der Waals surface area contributed by atoms with E-state index in [2.05, 4.69) is 70.7 Å². The SMILES string of the molecule is Cc1ccc2c(c1)nc(C(C)Cl)n2-c1cccc(C)c1Br. The Hall–Kier alpha value is -1.32. The molecule has 0 saturated carbocycles. The summed E-state index contributed by atoms with van der Waals surface area (Å²) in [6.07, 6.45) is 0. The van der Waals surface area contributed by atoms with Gasteiger partial charge in [-0.1, -0.05) is 18.2 Å². The van der Waals surface area contributed by atoms with Crippen molar-refractivity contribution in [3.8, 4) is 5.69 Å². The Balaban J connectivity index is 2.39. The number of hydrogen-bond acceptors (Lipinski definition) is 1. The lowest BCUT2D eigenvalue weighted by atomic mass is 10.2. The molecular formula is C17H16BrClN2. The predicted octanol–water partition coefficient (Wildman–Crippen LogP) is 5.70. The number of halogens is 2. The molecule has 0 saturated heterocycles. The van der Waals surface area contributed by atoms with Crippen LogP contribution in [-0.4, -0.2) is 9.55 Å². The molecule has 0 bridgehead atoms. The highest BCUT2D eigenvalue weighted by molar-refractivity contribution is 9.10. The quantitative estimate of drug-likeness (QED) is 0.534. The lowest BCUT2D eigenvalue weighted by Crippen LogP contribution is -2.03. The highest BCUT2D eigenvalue weighted by Gasteiger charge is 2.18. The second kappa shape index (κ2) is 5.47. The summed E-state index contributed by atoms with van der Waals surface area (Å²) < 4.78 is 3.22. The maximum absolute atomic E-state index is 6.36. The first-order valence-corrected chi connectivity index (χ1v) is 8.10. The van der Waals surface area contributed by atoms with Crippen LogP contribution in [0.25, 0.3) is 16.7 Å². The number of alkyl halides is 1. The molecule has 0 aliphatic rings. The van der Waals surface area contributed by atoms with Crippen molar-refractivity contribution in [3.05, 3.63) is 57.8 Å². The fraction of sp³-hybridized carbons (Fsp3) is 0.235. The maximum Gasteiger partial charge on any atom is 0.132 e. The van der Waals surface area contributed by atoms with Crippen molar-refractivity contribution in [2.75, 3.05) is 0 Å². The Morgan fingerprint density at radius 3 is 2.67 bits per heavy atom. The zero-order valence-electron chi connectivity index (χ0n) is 12.2. The standard InChI is InChI=1S/C17H16BrClN2/c1-10-7-8-14-13(9-10)20-17(12(3)19)21(14)15-6-4-5-11(2)16(15)18/h4-9,12H,1-3H3. The number of nitrogens with zero attached hydrogens (tertiary/aromatic N) is 2. The minimum Gasteiger partial charge on any atom is -0.294 e. The molecule has 0 amide bonds. The average Bonchev–Trinajstić information content (AvgIpc) is 2.80. The van der Waals surface area contributed by atoms with E-state index in [1.807, 2.05) is 6.92 Å². The minimum atomic E-state index is -0.162. The van der Waals surface area contributed by atoms with Crippen LogP contribution in [0.3, 0.4) is 0 Å². The molecule has 0 aliphatic heterocycles. The smallest absolute Gasteiger partial charge is 0.132 e. The van der Waals surface area contributed by atoms with Crippen LogP contribution in [0.1, 0.15) is 29.3 Å². The van der Waals surface area contributed by atoms with Gasteiger partial charge in [-0.25, -0.2) is 4.98 Å². The number of aryl methyl sites for hydroxylation is 2. The van der Waals surface area contributed by atoms with Gasteiger partial charge >= 0.3 is 0 Å². The zero-order valence-corrected chi connectivity index (χ0v) is 14.5. The molecule has 2 aromatic carbocycles. The Morgan fingerprint density at radius 2 is 1.95 bits per heavy atom. The van der Waals surface area contributed by atoms with Crippen LogP contribution >= 0.6 is 27.5 Å². The average molecular weight is 364 g/mol. The Labute approximate surface area is 137 Å². The summed E-state index contributed by atoms with van der Waals surface area (Å²) in [6.45, 7) is 6.11. The van der Waals surface area contributed by atoms with Gasteiger partial charge < -0.3 is 0 Å². The summed E-state index contributed by atoms with van der Waals surface area (Å²) in [5, 5.41) is -0.162. The number of hydrogen-bond donors (Lipinski definition) is 0. The molecular weight excluding hydrogens is 348 g/mol. The van der Waals surface area contributed by atoms with Gasteiger partial charge in [-0.3, -0.25) is 4.57 Å². The van der Waals surface area contributed by atoms with Crippen LogP contribution in [0.15, 0.2) is 40.9 Å². The summed E-state index contributed by atoms with van der Waals surface area (Å²) in [5.41, 5.74) is 5.52. The van der Waals surface area contributed by atoms with Crippen molar-refractivity contribution in [2.24, 2.45) is 0 Å². The van der Waals surface area contributed by atoms with Crippen LogP contribution in [0, 0.1) is 13.8 Å². The maximum atomic E-state index is 6.36. The second-order valence-electron chi connectivity index (χ2n) is 5.32. The molecule has 21 heavy (non-hydrogen) atoms. The van der Waals surface area contributed by atoms with E-state index in [4.69, 9.17) is 16.6 Å². The van der Waals surface area contributed by atoms with Crippen molar-refractivity contribution < 1.29 is 0 Å². The fourth-order valence-corrected chi connectivity index (χ4v) is 3.12. The molecule has 3 aromatic rings. The van der Waals surface area contributed by atoms with Crippen molar-refractivity contribution in [3.63, 3.8) is 0 Å². The largest absolute Gasteiger partial charge is 0.294 e. The molecule has 1 aromatic heterocycles. The van der Waals surface area contributed by atoms with E-state index in [0.717, 1.165) is 27.0 Å². The molecule has 4 heteroatoms. The van der Waals surface area contributed by atoms with Crippen LogP contribution in [0.4, 0.5) is 0 Å². The number of benzene rings is 2. The third-order valence-corrected chi connectivity index (χ3v) is 4.83. The van der Waals surface area contributed by atoms with Gasteiger partial charge in [-0.05, 0) is 66.0 Å². The number of fused-ring (bicyclic) bond motifs is 1. The summed E-state index contributed by atoms with van der Waals surface area (Å²) in [5.74, 6) is 0.864. The van der Waals surface area contributed by atoms with E-state index < -0.39 is 0 Å². The van der Waals surface area contributed by atoms with Crippen molar-refractivity contribution >= 4 is 38.6 Å². The topological polar surface area (TPSA) is 17.8 Å². The van der Waals surface area contributed by atoms with Gasteiger partial charge in [0.05, 0.1) is 22.1 Å². The molecule has 0 spiro atoms. The third kappa shape index (κ3) is 2.49. The monoisotopic (exact) mass is 362 g/mol. The van der Waals surface area contributed by atoms with Gasteiger partial charge in [0.2, 0.25) is 0 Å². The summed E-state index contributed by atoms with van der Waals surface area (Å²) in [6, 6.07) is 12.5. The van der Waals surface area contributed by atoms with Crippen molar-refractivity contribution in [1.29, 1.82) is 0 Å². The first-order chi connectivity index (χ1) is 9.99. The summed E-state index contributed by atoms with van der Waals surface area (Å²) in [4.78, 5) is 4.73. The number of rotatable bonds is 2. The number of aromatic nitrogens is 2. The second-order valence-corrected chi connectivity index (χ2v) is 6.77. The van der Waals surface area contributed by atoms with E-state index in [1.54, 1.807) is 0 Å². The molecule has 108 valence electrons. The van der Waals surface area contributed by atoms with Crippen LogP contribution in [0.5, 0.6) is 0 Å². The molecule has 2 nitrogen and oxygen atoms in total. The molecule has 0 radical (unpaired) electrons. The third-order valence-electron chi connectivity index (χ3n) is 3.60. The highest BCUT2D eigenvalue weighted by Crippen LogP contribution is 2.33. The zero-order chi connectivity index (χ0) is 15.1. The first-order valence-electron chi connectivity index (χ1n) is 6.87. The fourth-order valence-electron chi connectivity index (χ4n) is 2.53. The highest BCUT2D eigenvalue weighted by atomic mass is 79.9. The minimum absolute atomic E-state index is 0.162. The van der Waals surface area contributed by atoms with E-state index in [-0.39, 0.29) is 5.38 Å². The van der Waals surface area contributed by atoms with Gasteiger partial charge in [0.15, 0.2) is 0 Å². The summed E-state index contributed by atoms with van der Waals surface area (Å²) in [7, 11) is 0. The first kappa shape index (κ1) is 14.6. The van der Waals surface area contributed by atoms with E-state index in [1.165, 1.54) is 11.1 Å². The molecule has 1 heterocycles. The van der Waals surface area contributed by atoms with Gasteiger partial charge in [0.1, 0.15) is 5.82 Å². The van der Waals surface area contributed by atoms with Gasteiger partial charge in [-0.15, -0.1) is 11.6 Å². The lowest BCUT2D eigenvalue weighted by molar-refractivity contribution is 0.879. The van der Waals surface area contributed by atoms with Crippen LogP contribution in [-0.2, 0) is 0 Å². The number of imidazole rings is 1. The van der Waals surface area contributed by atoms with Crippen LogP contribution in [0.2, 0.25) is 0 Å². The van der Waals surface area contributed by atoms with Crippen LogP contribution < -0.4 is 0 Å². The van der Waals surface area contributed by atoms with Crippen molar-refractivity contribution in [1.82, 2.24) is 9.55 Å². The normalized spacial score (nSPS) is 12.8. The van der Waals surface area contributed by atoms with Crippen molar-refractivity contribution in [2.45, 2.75) is 26.1 Å². The molecule has 3 rings (SSSR count). The lowest BCUT2D eigenvalue weighted by Gasteiger charge is -2.13. The van der Waals surface area contributed by atoms with E-state index >= 15 is 0 Å². The molecule has 0 N–H and O–H groups in total. The Bertz CT molecular complexity index is 821. The Kier molecular flexibility index (Phi) is 3.80. The summed E-state index contributed by atoms with van der Waals surface area (Å²) >= 11 is 10.1. The van der Waals surface area contributed by atoms with E-state index in [9.17, 15) is 0 Å². The van der Waals surface area contributed by atoms with Gasteiger partial charge in [-0.2, -0.15) is 0 Å². The molecule has 1 atom stereocenters. The molecule has 1 unspecified atom stereocenters. The van der Waals surface area contributed by atoms with E-state index in [0.29, 0.717) is 0 Å². The predicted molar refractivity (Wildman–Crippen MR) is 92.5 cm³/mol.